The van der Waals surface area contributed by atoms with E-state index >= 15 is 0 Å². The minimum absolute atomic E-state index is 0.177. The number of primary amides is 1. The highest BCUT2D eigenvalue weighted by Gasteiger charge is 2.45. The minimum Gasteiger partial charge on any atom is -0.399 e. The molecule has 5 rings (SSSR count). The Morgan fingerprint density at radius 2 is 1.59 bits per heavy atom. The van der Waals surface area contributed by atoms with Crippen molar-refractivity contribution in [1.82, 2.24) is 36.5 Å². The SMILES string of the molecule is CC[C@H](C)[C@@H]1NC(=O)CNC(=O)C2CC(=O)[C@H]([C@@H](C)[C@@H](O)CO)NC(=O)[C@@H]3CC(O)CN3C(=O)[C@H](CC(N)=O)CC(=O)[C@H](CSc3[nH]c4cc(N)ccc4c3C2)NC(=O)CNC1=O. The van der Waals surface area contributed by atoms with E-state index in [0.29, 0.717) is 33.6 Å². The molecular weight excluding hydrogens is 843 g/mol. The third-order valence-electron chi connectivity index (χ3n) is 12.0. The smallest absolute Gasteiger partial charge is 0.243 e. The fourth-order valence-electron chi connectivity index (χ4n) is 8.15. The first-order valence-electron chi connectivity index (χ1n) is 20.9. The molecule has 4 heterocycles. The Bertz CT molecular complexity index is 2110. The van der Waals surface area contributed by atoms with Crippen LogP contribution in [-0.2, 0) is 49.6 Å². The number of carbonyl (C=O) groups is 9. The second-order valence-corrected chi connectivity index (χ2v) is 17.7. The Kier molecular flexibility index (Phi) is 16.3. The van der Waals surface area contributed by atoms with Crippen LogP contribution in [0.1, 0.15) is 58.4 Å². The number of carbonyl (C=O) groups excluding carboxylic acids is 9. The van der Waals surface area contributed by atoms with Gasteiger partial charge in [-0.2, -0.15) is 0 Å². The van der Waals surface area contributed by atoms with Gasteiger partial charge in [-0.15, -0.1) is 11.8 Å². The number of nitrogen functional groups attached to an aromatic ring is 1. The van der Waals surface area contributed by atoms with Gasteiger partial charge in [0.2, 0.25) is 41.4 Å². The van der Waals surface area contributed by atoms with Crippen molar-refractivity contribution < 1.29 is 58.5 Å². The van der Waals surface area contributed by atoms with Gasteiger partial charge in [0, 0.05) is 66.4 Å². The molecule has 0 aliphatic carbocycles. The third kappa shape index (κ3) is 11.9. The molecule has 0 spiro atoms. The number of aromatic amines is 1. The number of H-pyrrole nitrogens is 1. The summed E-state index contributed by atoms with van der Waals surface area (Å²) in [5.41, 5.74) is 13.1. The number of thioether (sulfide) groups is 1. The molecule has 63 heavy (non-hydrogen) atoms. The zero-order chi connectivity index (χ0) is 46.3. The number of nitrogens with one attached hydrogen (secondary N) is 6. The van der Waals surface area contributed by atoms with E-state index in [1.165, 1.54) is 6.92 Å². The Labute approximate surface area is 366 Å². The maximum absolute atomic E-state index is 14.5. The van der Waals surface area contributed by atoms with E-state index in [-0.39, 0.29) is 18.6 Å². The molecule has 1 saturated heterocycles. The molecule has 1 aromatic carbocycles. The summed E-state index contributed by atoms with van der Waals surface area (Å²) in [7, 11) is 0. The van der Waals surface area contributed by atoms with Gasteiger partial charge >= 0.3 is 0 Å². The maximum atomic E-state index is 14.5. The predicted octanol–water partition coefficient (Wildman–Crippen LogP) is -2.88. The van der Waals surface area contributed by atoms with Crippen LogP contribution in [0.3, 0.4) is 0 Å². The molecule has 2 aromatic rings. The van der Waals surface area contributed by atoms with Gasteiger partial charge in [0.15, 0.2) is 11.6 Å². The van der Waals surface area contributed by atoms with E-state index in [1.54, 1.807) is 32.0 Å². The van der Waals surface area contributed by atoms with Crippen molar-refractivity contribution >= 4 is 81.3 Å². The van der Waals surface area contributed by atoms with E-state index in [0.717, 1.165) is 16.7 Å². The summed E-state index contributed by atoms with van der Waals surface area (Å²) >= 11 is 1.06. The van der Waals surface area contributed by atoms with Crippen LogP contribution in [0.4, 0.5) is 5.69 Å². The van der Waals surface area contributed by atoms with Crippen molar-refractivity contribution in [1.29, 1.82) is 0 Å². The number of ketones is 2. The molecule has 1 fully saturated rings. The Morgan fingerprint density at radius 1 is 0.905 bits per heavy atom. The van der Waals surface area contributed by atoms with Crippen LogP contribution in [-0.4, -0.2) is 146 Å². The number of nitrogens with zero attached hydrogens (tertiary/aromatic N) is 1. The summed E-state index contributed by atoms with van der Waals surface area (Å²) in [5.74, 6) is -11.9. The molecule has 3 aliphatic heterocycles. The summed E-state index contributed by atoms with van der Waals surface area (Å²) < 4.78 is 0. The minimum atomic E-state index is -1.57. The monoisotopic (exact) mass is 899 g/mol. The number of nitrogens with two attached hydrogens (primary N) is 2. The van der Waals surface area contributed by atoms with E-state index in [1.807, 2.05) is 0 Å². The molecule has 0 radical (unpaired) electrons. The van der Waals surface area contributed by atoms with Gasteiger partial charge in [-0.05, 0) is 30.0 Å². The number of hydrogen-bond acceptors (Lipinski definition) is 14. The lowest BCUT2D eigenvalue weighted by Crippen LogP contribution is -2.56. The number of hydrogen-bond donors (Lipinski definition) is 11. The molecule has 344 valence electrons. The van der Waals surface area contributed by atoms with E-state index in [2.05, 4.69) is 31.6 Å². The fourth-order valence-corrected chi connectivity index (χ4v) is 9.30. The highest BCUT2D eigenvalue weighted by molar-refractivity contribution is 7.99. The molecule has 21 nitrogen and oxygen atoms in total. The second kappa shape index (κ2) is 21.2. The fraction of sp³-hybridized carbons (Fsp3) is 0.585. The molecule has 22 heteroatoms. The van der Waals surface area contributed by atoms with Crippen LogP contribution in [0.25, 0.3) is 10.9 Å². The first-order chi connectivity index (χ1) is 29.8. The molecule has 3 aliphatic rings. The lowest BCUT2D eigenvalue weighted by Gasteiger charge is -2.32. The summed E-state index contributed by atoms with van der Waals surface area (Å²) in [6, 6.07) is -0.603. The van der Waals surface area contributed by atoms with Crippen molar-refractivity contribution in [3.05, 3.63) is 23.8 Å². The lowest BCUT2D eigenvalue weighted by molar-refractivity contribution is -0.145. The molecule has 13 N–H and O–H groups in total. The number of aliphatic hydroxyl groups is 3. The molecule has 0 saturated carbocycles. The largest absolute Gasteiger partial charge is 0.399 e. The standard InChI is InChI=1S/C41H57N9O12S/c1-4-18(2)35-39(61)45-13-33(57)46-27-17-63-40-25(24-6-5-22(42)11-26(24)47-40)7-20(37(59)44-14-34(58)48-35)8-30(54)36(19(3)31(55)16-51)49-38(60)28-12-23(52)15-50(28)41(62)21(9-29(27)53)10-32(43)56/h5-6,11,18-21,23,27-28,31,35-36,47,51-52,55H,4,7-10,12-17,42H2,1-3H3,(H2,43,56)(H,44,59)(H,45,61)(H,46,57)(H,48,58)(H,49,60)/t18-,19-,20?,21-,23?,27-,28-,31-,35-,36-/m0/s1. The van der Waals surface area contributed by atoms with Crippen molar-refractivity contribution in [2.75, 3.05) is 37.7 Å². The highest BCUT2D eigenvalue weighted by atomic mass is 32.2. The number of fused-ring (bicyclic) bond motifs is 5. The van der Waals surface area contributed by atoms with Crippen LogP contribution < -0.4 is 38.1 Å². The van der Waals surface area contributed by atoms with Gasteiger partial charge in [0.1, 0.15) is 12.1 Å². The van der Waals surface area contributed by atoms with Crippen LogP contribution >= 0.6 is 11.8 Å². The second-order valence-electron chi connectivity index (χ2n) is 16.6. The molecule has 2 unspecified atom stereocenters. The molecular formula is C41H57N9O12S. The number of aromatic nitrogens is 1. The van der Waals surface area contributed by atoms with Gasteiger partial charge < -0.3 is 63.3 Å². The van der Waals surface area contributed by atoms with Crippen molar-refractivity contribution in [2.24, 2.45) is 29.4 Å². The van der Waals surface area contributed by atoms with Crippen molar-refractivity contribution in [3.8, 4) is 0 Å². The average molecular weight is 900 g/mol. The van der Waals surface area contributed by atoms with Gasteiger partial charge in [-0.3, -0.25) is 43.2 Å². The number of aliphatic hydroxyl groups excluding tert-OH is 3. The quantitative estimate of drug-likeness (QED) is 0.125. The predicted molar refractivity (Wildman–Crippen MR) is 227 cm³/mol. The lowest BCUT2D eigenvalue weighted by atomic mass is 9.85. The van der Waals surface area contributed by atoms with E-state index in [4.69, 9.17) is 11.5 Å². The topological polar surface area (TPSA) is 346 Å². The van der Waals surface area contributed by atoms with Crippen LogP contribution in [0.2, 0.25) is 0 Å². The van der Waals surface area contributed by atoms with Crippen LogP contribution in [0, 0.1) is 23.7 Å². The molecule has 2 bridgehead atoms. The van der Waals surface area contributed by atoms with Crippen molar-refractivity contribution in [3.63, 3.8) is 0 Å². The molecule has 1 aromatic heterocycles. The number of rotatable bonds is 7. The Morgan fingerprint density at radius 3 is 2.25 bits per heavy atom. The van der Waals surface area contributed by atoms with Gasteiger partial charge in [-0.25, -0.2) is 0 Å². The summed E-state index contributed by atoms with van der Waals surface area (Å²) in [6.45, 7) is 2.41. The van der Waals surface area contributed by atoms with E-state index in [9.17, 15) is 58.5 Å². The maximum Gasteiger partial charge on any atom is 0.243 e. The number of Topliss-reactive ketones (excluding diaryl/α,β-unsaturated/α-hetero) is 2. The third-order valence-corrected chi connectivity index (χ3v) is 13.1. The Hall–Kier alpha value is -5.58. The Balaban J connectivity index is 1.70. The molecule has 7 amide bonds. The highest BCUT2D eigenvalue weighted by Crippen LogP contribution is 2.35. The summed E-state index contributed by atoms with van der Waals surface area (Å²) in [6.07, 6.45) is -4.78. The van der Waals surface area contributed by atoms with Gasteiger partial charge in [0.05, 0.1) is 54.9 Å². The van der Waals surface area contributed by atoms with Crippen LogP contribution in [0.15, 0.2) is 23.2 Å². The first-order valence-corrected chi connectivity index (χ1v) is 21.9. The zero-order valence-corrected chi connectivity index (χ0v) is 36.1. The number of amides is 7. The normalized spacial score (nSPS) is 27.8. The zero-order valence-electron chi connectivity index (χ0n) is 35.3. The average Bonchev–Trinajstić information content (AvgIpc) is 3.80. The summed E-state index contributed by atoms with van der Waals surface area (Å²) in [4.78, 5) is 128. The van der Waals surface area contributed by atoms with E-state index < -0.39 is 158 Å². The van der Waals surface area contributed by atoms with Crippen LogP contribution in [0.5, 0.6) is 0 Å². The first kappa shape index (κ1) is 48.5. The van der Waals surface area contributed by atoms with Gasteiger partial charge in [-0.1, -0.05) is 33.3 Å². The number of benzene rings is 1. The number of anilines is 1. The molecule has 10 atom stereocenters. The summed E-state index contributed by atoms with van der Waals surface area (Å²) in [5, 5.41) is 45.2. The van der Waals surface area contributed by atoms with Crippen molar-refractivity contribution in [2.45, 2.75) is 101 Å². The van der Waals surface area contributed by atoms with Gasteiger partial charge in [0.25, 0.3) is 0 Å².